The van der Waals surface area contributed by atoms with E-state index in [9.17, 15) is 0 Å². The number of hydrogen-bond acceptors (Lipinski definition) is 2. The molecule has 2 nitrogen and oxygen atoms in total. The molecule has 1 heterocycles. The van der Waals surface area contributed by atoms with Crippen LogP contribution in [0.1, 0.15) is 24.5 Å². The Balaban J connectivity index is 2.60. The highest BCUT2D eigenvalue weighted by Crippen LogP contribution is 2.38. The van der Waals surface area contributed by atoms with Crippen molar-refractivity contribution in [1.29, 1.82) is 0 Å². The lowest BCUT2D eigenvalue weighted by atomic mass is 9.94. The number of aryl methyl sites for hydroxylation is 1. The van der Waals surface area contributed by atoms with Gasteiger partial charge in [-0.3, -0.25) is 0 Å². The molecule has 0 unspecified atom stereocenters. The van der Waals surface area contributed by atoms with E-state index >= 15 is 0 Å². The standard InChI is InChI=1S/C14H17NO/c1-3-5-11-8-9-16-12-7-6-10(4-2)14(15)13(11)12/h3,5-7H,1,4,8-9,15H2,2H3/b11-5-. The number of ether oxygens (including phenoxy) is 1. The molecule has 1 aliphatic rings. The summed E-state index contributed by atoms with van der Waals surface area (Å²) in [6, 6.07) is 4.06. The van der Waals surface area contributed by atoms with Crippen LogP contribution in [-0.2, 0) is 6.42 Å². The Kier molecular flexibility index (Phi) is 3.00. The topological polar surface area (TPSA) is 35.2 Å². The highest BCUT2D eigenvalue weighted by molar-refractivity contribution is 5.83. The van der Waals surface area contributed by atoms with Gasteiger partial charge in [0.2, 0.25) is 0 Å². The third-order valence-corrected chi connectivity index (χ3v) is 2.95. The summed E-state index contributed by atoms with van der Waals surface area (Å²) < 4.78 is 5.63. The van der Waals surface area contributed by atoms with E-state index in [0.29, 0.717) is 0 Å². The van der Waals surface area contributed by atoms with E-state index in [1.54, 1.807) is 0 Å². The number of allylic oxidation sites excluding steroid dienone is 2. The summed E-state index contributed by atoms with van der Waals surface area (Å²) in [6.45, 7) is 6.57. The zero-order valence-corrected chi connectivity index (χ0v) is 9.62. The Hall–Kier alpha value is -1.70. The molecule has 0 saturated heterocycles. The van der Waals surface area contributed by atoms with Gasteiger partial charge in [-0.05, 0) is 23.6 Å². The van der Waals surface area contributed by atoms with Crippen LogP contribution in [0.4, 0.5) is 5.69 Å². The largest absolute Gasteiger partial charge is 0.493 e. The molecule has 2 rings (SSSR count). The van der Waals surface area contributed by atoms with Crippen molar-refractivity contribution >= 4 is 11.3 Å². The van der Waals surface area contributed by atoms with Crippen molar-refractivity contribution in [2.45, 2.75) is 19.8 Å². The normalized spacial score (nSPS) is 16.7. The van der Waals surface area contributed by atoms with E-state index in [1.807, 2.05) is 24.3 Å². The first-order valence-corrected chi connectivity index (χ1v) is 5.64. The highest BCUT2D eigenvalue weighted by Gasteiger charge is 2.19. The van der Waals surface area contributed by atoms with E-state index in [1.165, 1.54) is 11.1 Å². The maximum absolute atomic E-state index is 6.18. The number of rotatable bonds is 2. The minimum atomic E-state index is 0.720. The van der Waals surface area contributed by atoms with Crippen molar-refractivity contribution in [3.63, 3.8) is 0 Å². The summed E-state index contributed by atoms with van der Waals surface area (Å²) in [4.78, 5) is 0. The molecule has 0 radical (unpaired) electrons. The lowest BCUT2D eigenvalue weighted by Crippen LogP contribution is -2.11. The van der Waals surface area contributed by atoms with Gasteiger partial charge in [0.25, 0.3) is 0 Å². The zero-order valence-electron chi connectivity index (χ0n) is 9.62. The van der Waals surface area contributed by atoms with Crippen molar-refractivity contribution in [3.05, 3.63) is 42.0 Å². The maximum atomic E-state index is 6.18. The van der Waals surface area contributed by atoms with Gasteiger partial charge in [-0.25, -0.2) is 0 Å². The van der Waals surface area contributed by atoms with Gasteiger partial charge in [0.1, 0.15) is 5.75 Å². The first kappa shape index (κ1) is 10.8. The van der Waals surface area contributed by atoms with Crippen LogP contribution in [-0.4, -0.2) is 6.61 Å². The summed E-state index contributed by atoms with van der Waals surface area (Å²) in [5.41, 5.74) is 10.5. The van der Waals surface area contributed by atoms with Gasteiger partial charge in [0, 0.05) is 17.7 Å². The number of nitrogen functional groups attached to an aromatic ring is 1. The van der Waals surface area contributed by atoms with E-state index in [2.05, 4.69) is 13.5 Å². The molecule has 0 fully saturated rings. The fraction of sp³-hybridized carbons (Fsp3) is 0.286. The minimum Gasteiger partial charge on any atom is -0.493 e. The second kappa shape index (κ2) is 4.44. The fourth-order valence-corrected chi connectivity index (χ4v) is 2.11. The number of nitrogens with two attached hydrogens (primary N) is 1. The molecule has 1 aromatic carbocycles. The number of fused-ring (bicyclic) bond motifs is 1. The molecule has 1 aliphatic heterocycles. The van der Waals surface area contributed by atoms with Gasteiger partial charge in [-0.2, -0.15) is 0 Å². The average molecular weight is 215 g/mol. The first-order valence-electron chi connectivity index (χ1n) is 5.64. The van der Waals surface area contributed by atoms with Crippen LogP contribution in [0.15, 0.2) is 30.9 Å². The Morgan fingerprint density at radius 3 is 3.00 bits per heavy atom. The number of anilines is 1. The predicted octanol–water partition coefficient (Wildman–Crippen LogP) is 3.18. The van der Waals surface area contributed by atoms with Crippen LogP contribution in [0.5, 0.6) is 5.75 Å². The fourth-order valence-electron chi connectivity index (χ4n) is 2.11. The van der Waals surface area contributed by atoms with Gasteiger partial charge in [0.15, 0.2) is 0 Å². The molecule has 2 heteroatoms. The second-order valence-corrected chi connectivity index (χ2v) is 3.89. The van der Waals surface area contributed by atoms with Gasteiger partial charge in [0.05, 0.1) is 6.61 Å². The summed E-state index contributed by atoms with van der Waals surface area (Å²) in [6.07, 6.45) is 5.68. The quantitative estimate of drug-likeness (QED) is 0.769. The van der Waals surface area contributed by atoms with Crippen molar-refractivity contribution in [1.82, 2.24) is 0 Å². The summed E-state index contributed by atoms with van der Waals surface area (Å²) >= 11 is 0. The molecule has 0 atom stereocenters. The van der Waals surface area contributed by atoms with Gasteiger partial charge >= 0.3 is 0 Å². The average Bonchev–Trinajstić information content (AvgIpc) is 2.30. The lowest BCUT2D eigenvalue weighted by Gasteiger charge is -2.23. The van der Waals surface area contributed by atoms with E-state index in [0.717, 1.165) is 36.4 Å². The molecule has 0 saturated carbocycles. The lowest BCUT2D eigenvalue weighted by molar-refractivity contribution is 0.316. The second-order valence-electron chi connectivity index (χ2n) is 3.89. The van der Waals surface area contributed by atoms with Crippen molar-refractivity contribution < 1.29 is 4.74 Å². The molecule has 0 aromatic heterocycles. The SMILES string of the molecule is C=C/C=C1/CCOc2ccc(CC)c(N)c21. The van der Waals surface area contributed by atoms with Crippen LogP contribution < -0.4 is 10.5 Å². The summed E-state index contributed by atoms with van der Waals surface area (Å²) in [5, 5.41) is 0. The molecular formula is C14H17NO. The van der Waals surface area contributed by atoms with Crippen LogP contribution in [0.2, 0.25) is 0 Å². The van der Waals surface area contributed by atoms with Gasteiger partial charge < -0.3 is 10.5 Å². The summed E-state index contributed by atoms with van der Waals surface area (Å²) in [5.74, 6) is 0.897. The molecule has 0 amide bonds. The molecule has 1 aromatic rings. The molecule has 0 aliphatic carbocycles. The van der Waals surface area contributed by atoms with Crippen LogP contribution in [0, 0.1) is 0 Å². The Bertz CT molecular complexity index is 446. The van der Waals surface area contributed by atoms with Crippen molar-refractivity contribution in [2.75, 3.05) is 12.3 Å². The predicted molar refractivity (Wildman–Crippen MR) is 68.5 cm³/mol. The maximum Gasteiger partial charge on any atom is 0.128 e. The van der Waals surface area contributed by atoms with Crippen molar-refractivity contribution in [2.24, 2.45) is 0 Å². The molecule has 0 spiro atoms. The van der Waals surface area contributed by atoms with Crippen LogP contribution in [0.3, 0.4) is 0 Å². The first-order chi connectivity index (χ1) is 7.77. The molecule has 0 bridgehead atoms. The smallest absolute Gasteiger partial charge is 0.128 e. The van der Waals surface area contributed by atoms with Gasteiger partial charge in [-0.15, -0.1) is 0 Å². The third-order valence-electron chi connectivity index (χ3n) is 2.95. The zero-order chi connectivity index (χ0) is 11.5. The van der Waals surface area contributed by atoms with Gasteiger partial charge in [-0.1, -0.05) is 31.7 Å². The number of benzene rings is 1. The molecule has 16 heavy (non-hydrogen) atoms. The third kappa shape index (κ3) is 1.71. The van der Waals surface area contributed by atoms with Crippen molar-refractivity contribution in [3.8, 4) is 5.75 Å². The molecular weight excluding hydrogens is 198 g/mol. The van der Waals surface area contributed by atoms with Crippen LogP contribution in [0.25, 0.3) is 5.57 Å². The Morgan fingerprint density at radius 2 is 2.31 bits per heavy atom. The van der Waals surface area contributed by atoms with E-state index in [-0.39, 0.29) is 0 Å². The molecule has 84 valence electrons. The number of hydrogen-bond donors (Lipinski definition) is 1. The van der Waals surface area contributed by atoms with Crippen LogP contribution >= 0.6 is 0 Å². The minimum absolute atomic E-state index is 0.720. The summed E-state index contributed by atoms with van der Waals surface area (Å²) in [7, 11) is 0. The van der Waals surface area contributed by atoms with E-state index in [4.69, 9.17) is 10.5 Å². The molecule has 2 N–H and O–H groups in total. The Morgan fingerprint density at radius 1 is 1.50 bits per heavy atom. The highest BCUT2D eigenvalue weighted by atomic mass is 16.5. The Labute approximate surface area is 96.4 Å². The van der Waals surface area contributed by atoms with E-state index < -0.39 is 0 Å². The monoisotopic (exact) mass is 215 g/mol.